The Labute approximate surface area is 181 Å². The van der Waals surface area contributed by atoms with Gasteiger partial charge >= 0.3 is 6.18 Å². The number of para-hydroxylation sites is 1. The third-order valence-electron chi connectivity index (χ3n) is 5.48. The summed E-state index contributed by atoms with van der Waals surface area (Å²) in [6.07, 6.45) is -4.67. The molecule has 1 saturated heterocycles. The molecule has 2 aromatic carbocycles. The molecule has 7 nitrogen and oxygen atoms in total. The second kappa shape index (κ2) is 8.10. The summed E-state index contributed by atoms with van der Waals surface area (Å²) in [4.78, 5) is 31.5. The molecule has 1 aliphatic rings. The van der Waals surface area contributed by atoms with Crippen LogP contribution in [0.15, 0.2) is 48.5 Å². The number of hydrogen-bond donors (Lipinski definition) is 0. The van der Waals surface area contributed by atoms with Crippen LogP contribution in [0.1, 0.15) is 21.6 Å². The van der Waals surface area contributed by atoms with E-state index in [0.29, 0.717) is 17.3 Å². The molecule has 0 N–H and O–H groups in total. The fourth-order valence-electron chi connectivity index (χ4n) is 3.92. The van der Waals surface area contributed by atoms with E-state index in [4.69, 9.17) is 0 Å². The Bertz CT molecular complexity index is 1200. The number of carbonyl (C=O) groups is 1. The Kier molecular flexibility index (Phi) is 5.45. The first-order valence-electron chi connectivity index (χ1n) is 9.91. The maximum atomic E-state index is 13.2. The molecule has 1 fully saturated rings. The number of hydrogen-bond acceptors (Lipinski definition) is 5. The van der Waals surface area contributed by atoms with Crippen LogP contribution in [0.5, 0.6) is 0 Å². The Morgan fingerprint density at radius 1 is 1.06 bits per heavy atom. The Morgan fingerprint density at radius 3 is 2.41 bits per heavy atom. The van der Waals surface area contributed by atoms with Crippen molar-refractivity contribution >= 4 is 28.2 Å². The molecule has 2 heterocycles. The van der Waals surface area contributed by atoms with Crippen LogP contribution >= 0.6 is 0 Å². The molecule has 10 heteroatoms. The van der Waals surface area contributed by atoms with E-state index in [1.165, 1.54) is 0 Å². The molecular weight excluding hydrogens is 425 g/mol. The number of halogens is 3. The minimum absolute atomic E-state index is 0.111. The van der Waals surface area contributed by atoms with Gasteiger partial charge in [0.2, 0.25) is 0 Å². The van der Waals surface area contributed by atoms with E-state index in [2.05, 4.69) is 4.98 Å². The van der Waals surface area contributed by atoms with Crippen molar-refractivity contribution in [2.24, 2.45) is 0 Å². The van der Waals surface area contributed by atoms with E-state index in [1.807, 2.05) is 31.2 Å². The molecule has 0 atom stereocenters. The zero-order valence-corrected chi connectivity index (χ0v) is 17.1. The molecule has 0 aliphatic carbocycles. The van der Waals surface area contributed by atoms with E-state index in [1.54, 1.807) is 15.9 Å². The maximum absolute atomic E-state index is 13.2. The number of carbonyl (C=O) groups excluding carboxylic acids is 1. The monoisotopic (exact) mass is 444 g/mol. The summed E-state index contributed by atoms with van der Waals surface area (Å²) in [6, 6.07) is 11.6. The van der Waals surface area contributed by atoms with Crippen LogP contribution in [0.4, 0.5) is 24.5 Å². The minimum Gasteiger partial charge on any atom is -0.362 e. The van der Waals surface area contributed by atoms with Crippen LogP contribution in [0.3, 0.4) is 0 Å². The van der Waals surface area contributed by atoms with Crippen molar-refractivity contribution in [2.45, 2.75) is 13.1 Å². The first kappa shape index (κ1) is 21.5. The molecule has 4 rings (SSSR count). The molecule has 3 aromatic rings. The molecule has 1 amide bonds. The normalized spacial score (nSPS) is 14.6. The van der Waals surface area contributed by atoms with Crippen LogP contribution in [0.25, 0.3) is 10.9 Å². The summed E-state index contributed by atoms with van der Waals surface area (Å²) in [5, 5.41) is 12.1. The van der Waals surface area contributed by atoms with Gasteiger partial charge in [0, 0.05) is 43.3 Å². The second-order valence-corrected chi connectivity index (χ2v) is 7.57. The third-order valence-corrected chi connectivity index (χ3v) is 5.48. The van der Waals surface area contributed by atoms with E-state index >= 15 is 0 Å². The van der Waals surface area contributed by atoms with Crippen molar-refractivity contribution in [3.63, 3.8) is 0 Å². The van der Waals surface area contributed by atoms with Gasteiger partial charge in [-0.2, -0.15) is 13.2 Å². The summed E-state index contributed by atoms with van der Waals surface area (Å²) in [5.41, 5.74) is 0.403. The predicted molar refractivity (Wildman–Crippen MR) is 113 cm³/mol. The number of nitrogens with zero attached hydrogens (tertiary/aromatic N) is 4. The van der Waals surface area contributed by atoms with Gasteiger partial charge in [0.05, 0.1) is 21.6 Å². The van der Waals surface area contributed by atoms with Crippen molar-refractivity contribution in [1.82, 2.24) is 9.88 Å². The van der Waals surface area contributed by atoms with Gasteiger partial charge in [0.25, 0.3) is 11.6 Å². The fraction of sp³-hybridized carbons (Fsp3) is 0.273. The largest absolute Gasteiger partial charge is 0.416 e. The molecule has 0 unspecified atom stereocenters. The standard InChI is InChI=1S/C22H19F3N4O3/c1-14-12-17(16-4-2-3-5-18(16)26-14)21(30)28-10-8-27(9-11-28)19-7-6-15(22(23,24)25)13-20(19)29(31)32/h2-7,12-13H,8-11H2,1H3. The summed E-state index contributed by atoms with van der Waals surface area (Å²) in [6.45, 7) is 2.91. The van der Waals surface area contributed by atoms with Crippen LogP contribution in [0.2, 0.25) is 0 Å². The molecule has 32 heavy (non-hydrogen) atoms. The number of aromatic nitrogens is 1. The van der Waals surface area contributed by atoms with Crippen molar-refractivity contribution < 1.29 is 22.9 Å². The summed E-state index contributed by atoms with van der Waals surface area (Å²) in [7, 11) is 0. The smallest absolute Gasteiger partial charge is 0.362 e. The van der Waals surface area contributed by atoms with Gasteiger partial charge in [-0.05, 0) is 31.2 Å². The lowest BCUT2D eigenvalue weighted by Gasteiger charge is -2.36. The maximum Gasteiger partial charge on any atom is 0.416 e. The number of aryl methyl sites for hydroxylation is 1. The van der Waals surface area contributed by atoms with E-state index in [0.717, 1.165) is 23.0 Å². The third kappa shape index (κ3) is 4.08. The van der Waals surface area contributed by atoms with Crippen molar-refractivity contribution in [3.8, 4) is 0 Å². The molecule has 166 valence electrons. The first-order valence-corrected chi connectivity index (χ1v) is 9.91. The molecule has 1 aliphatic heterocycles. The van der Waals surface area contributed by atoms with Gasteiger partial charge in [-0.15, -0.1) is 0 Å². The molecule has 0 radical (unpaired) electrons. The van der Waals surface area contributed by atoms with E-state index in [9.17, 15) is 28.1 Å². The number of fused-ring (bicyclic) bond motifs is 1. The molecule has 0 spiro atoms. The van der Waals surface area contributed by atoms with Crippen molar-refractivity contribution in [3.05, 3.63) is 75.5 Å². The quantitative estimate of drug-likeness (QED) is 0.441. The van der Waals surface area contributed by atoms with Gasteiger partial charge in [-0.1, -0.05) is 18.2 Å². The fourth-order valence-corrected chi connectivity index (χ4v) is 3.92. The predicted octanol–water partition coefficient (Wildman–Crippen LogP) is 4.43. The summed E-state index contributed by atoms with van der Waals surface area (Å²) < 4.78 is 38.9. The van der Waals surface area contributed by atoms with Gasteiger partial charge in [0.15, 0.2) is 0 Å². The number of alkyl halides is 3. The number of rotatable bonds is 3. The Morgan fingerprint density at radius 2 is 1.75 bits per heavy atom. The van der Waals surface area contributed by atoms with Crippen LogP contribution in [0, 0.1) is 17.0 Å². The first-order chi connectivity index (χ1) is 15.1. The van der Waals surface area contributed by atoms with E-state index < -0.39 is 22.4 Å². The molecule has 0 saturated carbocycles. The highest BCUT2D eigenvalue weighted by atomic mass is 19.4. The summed E-state index contributed by atoms with van der Waals surface area (Å²) >= 11 is 0. The average molecular weight is 444 g/mol. The SMILES string of the molecule is Cc1cc(C(=O)N2CCN(c3ccc(C(F)(F)F)cc3[N+](=O)[O-])CC2)c2ccccc2n1. The Hall–Kier alpha value is -3.69. The van der Waals surface area contributed by atoms with Crippen LogP contribution in [-0.4, -0.2) is 46.9 Å². The lowest BCUT2D eigenvalue weighted by atomic mass is 10.1. The average Bonchev–Trinajstić information content (AvgIpc) is 2.77. The van der Waals surface area contributed by atoms with Gasteiger partial charge in [-0.3, -0.25) is 19.9 Å². The van der Waals surface area contributed by atoms with E-state index in [-0.39, 0.29) is 37.8 Å². The van der Waals surface area contributed by atoms with Crippen molar-refractivity contribution in [2.75, 3.05) is 31.1 Å². The number of nitro benzene ring substituents is 1. The lowest BCUT2D eigenvalue weighted by Crippen LogP contribution is -2.49. The molecule has 1 aromatic heterocycles. The highest BCUT2D eigenvalue weighted by Crippen LogP contribution is 2.37. The number of anilines is 1. The zero-order chi connectivity index (χ0) is 23.0. The summed E-state index contributed by atoms with van der Waals surface area (Å²) in [5.74, 6) is -0.173. The molecule has 0 bridgehead atoms. The molecular formula is C22H19F3N4O3. The van der Waals surface area contributed by atoms with Gasteiger partial charge in [-0.25, -0.2) is 0 Å². The number of pyridine rings is 1. The topological polar surface area (TPSA) is 79.6 Å². The Balaban J connectivity index is 1.55. The number of benzene rings is 2. The number of nitro groups is 1. The van der Waals surface area contributed by atoms with Crippen molar-refractivity contribution in [1.29, 1.82) is 0 Å². The number of piperazine rings is 1. The highest BCUT2D eigenvalue weighted by Gasteiger charge is 2.34. The highest BCUT2D eigenvalue weighted by molar-refractivity contribution is 6.06. The lowest BCUT2D eigenvalue weighted by molar-refractivity contribution is -0.384. The zero-order valence-electron chi connectivity index (χ0n) is 17.1. The second-order valence-electron chi connectivity index (χ2n) is 7.57. The van der Waals surface area contributed by atoms with Crippen LogP contribution < -0.4 is 4.90 Å². The van der Waals surface area contributed by atoms with Gasteiger partial charge in [0.1, 0.15) is 5.69 Å². The van der Waals surface area contributed by atoms with Gasteiger partial charge < -0.3 is 9.80 Å². The van der Waals surface area contributed by atoms with Crippen LogP contribution in [-0.2, 0) is 6.18 Å². The number of amides is 1. The minimum atomic E-state index is -4.67.